The van der Waals surface area contributed by atoms with Gasteiger partial charge >= 0.3 is 5.97 Å². The van der Waals surface area contributed by atoms with Crippen molar-refractivity contribution in [2.24, 2.45) is 0 Å². The Hall–Kier alpha value is -3.28. The van der Waals surface area contributed by atoms with Crippen LogP contribution in [0.4, 0.5) is 5.69 Å². The third kappa shape index (κ3) is 6.68. The van der Waals surface area contributed by atoms with E-state index in [1.807, 2.05) is 52.0 Å². The molecule has 0 heterocycles. The molecule has 29 heavy (non-hydrogen) atoms. The minimum Gasteiger partial charge on any atom is -0.490 e. The molecule has 2 aromatic rings. The average Bonchev–Trinajstić information content (AvgIpc) is 2.70. The molecule has 1 amide bonds. The molecule has 0 atom stereocenters. The highest BCUT2D eigenvalue weighted by Crippen LogP contribution is 2.29. The molecule has 0 bridgehead atoms. The van der Waals surface area contributed by atoms with E-state index in [0.717, 1.165) is 16.7 Å². The van der Waals surface area contributed by atoms with Crippen molar-refractivity contribution >= 4 is 23.6 Å². The minimum absolute atomic E-state index is 0.357. The van der Waals surface area contributed by atoms with E-state index in [1.165, 1.54) is 6.08 Å². The molecule has 2 rings (SSSR count). The second kappa shape index (κ2) is 10.9. The first-order valence-electron chi connectivity index (χ1n) is 9.55. The molecular formula is C23H27NO5. The van der Waals surface area contributed by atoms with Gasteiger partial charge in [0.1, 0.15) is 0 Å². The number of carbonyl (C=O) groups is 2. The lowest BCUT2D eigenvalue weighted by molar-refractivity contribution is -0.142. The van der Waals surface area contributed by atoms with Crippen LogP contribution in [0.15, 0.2) is 42.5 Å². The number of esters is 1. The van der Waals surface area contributed by atoms with Crippen LogP contribution in [-0.4, -0.2) is 31.7 Å². The van der Waals surface area contributed by atoms with Gasteiger partial charge in [0, 0.05) is 11.8 Å². The Bertz CT molecular complexity index is 889. The van der Waals surface area contributed by atoms with E-state index in [0.29, 0.717) is 30.4 Å². The van der Waals surface area contributed by atoms with Gasteiger partial charge in [-0.05, 0) is 68.7 Å². The highest BCUT2D eigenvalue weighted by atomic mass is 16.5. The van der Waals surface area contributed by atoms with E-state index in [2.05, 4.69) is 5.32 Å². The van der Waals surface area contributed by atoms with Gasteiger partial charge in [0.2, 0.25) is 0 Å². The van der Waals surface area contributed by atoms with Crippen molar-refractivity contribution in [3.63, 3.8) is 0 Å². The summed E-state index contributed by atoms with van der Waals surface area (Å²) in [5.41, 5.74) is 3.52. The molecule has 0 aliphatic heterocycles. The van der Waals surface area contributed by atoms with E-state index < -0.39 is 5.97 Å². The quantitative estimate of drug-likeness (QED) is 0.505. The van der Waals surface area contributed by atoms with Crippen LogP contribution in [0, 0.1) is 13.8 Å². The van der Waals surface area contributed by atoms with Crippen LogP contribution in [0.2, 0.25) is 0 Å². The SMILES string of the molecule is CCOc1ccc(C=CC(=O)OCC(=O)Nc2cccc(C)c2C)cc1OCC. The predicted molar refractivity (Wildman–Crippen MR) is 113 cm³/mol. The molecule has 0 aliphatic carbocycles. The smallest absolute Gasteiger partial charge is 0.331 e. The Morgan fingerprint density at radius 3 is 2.45 bits per heavy atom. The largest absolute Gasteiger partial charge is 0.490 e. The Morgan fingerprint density at radius 2 is 1.72 bits per heavy atom. The molecule has 154 valence electrons. The molecule has 0 spiro atoms. The lowest BCUT2D eigenvalue weighted by Gasteiger charge is -2.11. The topological polar surface area (TPSA) is 73.9 Å². The summed E-state index contributed by atoms with van der Waals surface area (Å²) in [5, 5.41) is 2.75. The second-order valence-corrected chi connectivity index (χ2v) is 6.31. The van der Waals surface area contributed by atoms with Crippen molar-refractivity contribution < 1.29 is 23.8 Å². The molecule has 2 aromatic carbocycles. The number of rotatable bonds is 9. The summed E-state index contributed by atoms with van der Waals surface area (Å²) < 4.78 is 16.1. The number of anilines is 1. The van der Waals surface area contributed by atoms with Gasteiger partial charge in [-0.1, -0.05) is 18.2 Å². The number of hydrogen-bond acceptors (Lipinski definition) is 5. The van der Waals surface area contributed by atoms with E-state index in [9.17, 15) is 9.59 Å². The third-order valence-corrected chi connectivity index (χ3v) is 4.20. The van der Waals surface area contributed by atoms with Gasteiger partial charge in [-0.15, -0.1) is 0 Å². The fraction of sp³-hybridized carbons (Fsp3) is 0.304. The molecule has 0 saturated heterocycles. The highest BCUT2D eigenvalue weighted by molar-refractivity contribution is 5.95. The number of amides is 1. The zero-order valence-corrected chi connectivity index (χ0v) is 17.3. The summed E-state index contributed by atoms with van der Waals surface area (Å²) in [6.07, 6.45) is 2.87. The van der Waals surface area contributed by atoms with Gasteiger partial charge in [0.15, 0.2) is 18.1 Å². The zero-order chi connectivity index (χ0) is 21.2. The molecule has 0 saturated carbocycles. The van der Waals surface area contributed by atoms with Crippen LogP contribution in [0.5, 0.6) is 11.5 Å². The highest BCUT2D eigenvalue weighted by Gasteiger charge is 2.09. The Balaban J connectivity index is 1.91. The van der Waals surface area contributed by atoms with E-state index in [-0.39, 0.29) is 12.5 Å². The summed E-state index contributed by atoms with van der Waals surface area (Å²) in [7, 11) is 0. The van der Waals surface area contributed by atoms with Gasteiger partial charge in [0.25, 0.3) is 5.91 Å². The fourth-order valence-corrected chi connectivity index (χ4v) is 2.59. The minimum atomic E-state index is -0.604. The van der Waals surface area contributed by atoms with Crippen molar-refractivity contribution in [1.29, 1.82) is 0 Å². The van der Waals surface area contributed by atoms with Gasteiger partial charge < -0.3 is 19.5 Å². The van der Waals surface area contributed by atoms with Gasteiger partial charge in [-0.25, -0.2) is 4.79 Å². The maximum Gasteiger partial charge on any atom is 0.331 e. The van der Waals surface area contributed by atoms with Crippen molar-refractivity contribution in [2.45, 2.75) is 27.7 Å². The number of nitrogens with one attached hydrogen (secondary N) is 1. The Labute approximate surface area is 171 Å². The third-order valence-electron chi connectivity index (χ3n) is 4.20. The van der Waals surface area contributed by atoms with Crippen molar-refractivity contribution in [1.82, 2.24) is 0 Å². The van der Waals surface area contributed by atoms with Crippen LogP contribution in [0.3, 0.4) is 0 Å². The summed E-state index contributed by atoms with van der Waals surface area (Å²) in [5.74, 6) is 0.267. The van der Waals surface area contributed by atoms with Crippen LogP contribution < -0.4 is 14.8 Å². The monoisotopic (exact) mass is 397 g/mol. The molecule has 0 fully saturated rings. The number of benzene rings is 2. The van der Waals surface area contributed by atoms with Gasteiger partial charge in [-0.3, -0.25) is 4.79 Å². The average molecular weight is 397 g/mol. The van der Waals surface area contributed by atoms with Crippen LogP contribution in [0.1, 0.15) is 30.5 Å². The maximum absolute atomic E-state index is 12.0. The van der Waals surface area contributed by atoms with Gasteiger partial charge in [0.05, 0.1) is 13.2 Å². The van der Waals surface area contributed by atoms with E-state index >= 15 is 0 Å². The second-order valence-electron chi connectivity index (χ2n) is 6.31. The van der Waals surface area contributed by atoms with Gasteiger partial charge in [-0.2, -0.15) is 0 Å². The summed E-state index contributed by atoms with van der Waals surface area (Å²) in [6.45, 7) is 8.36. The molecule has 0 radical (unpaired) electrons. The number of ether oxygens (including phenoxy) is 3. The van der Waals surface area contributed by atoms with E-state index in [4.69, 9.17) is 14.2 Å². The standard InChI is InChI=1S/C23H27NO5/c1-5-27-20-12-10-18(14-21(20)28-6-2)11-13-23(26)29-15-22(25)24-19-9-7-8-16(3)17(19)4/h7-14H,5-6,15H2,1-4H3,(H,24,25). The van der Waals surface area contributed by atoms with Crippen LogP contribution in [0.25, 0.3) is 6.08 Å². The van der Waals surface area contributed by atoms with Crippen LogP contribution in [-0.2, 0) is 14.3 Å². The van der Waals surface area contributed by atoms with Crippen LogP contribution >= 0.6 is 0 Å². The number of hydrogen-bond donors (Lipinski definition) is 1. The van der Waals surface area contributed by atoms with E-state index in [1.54, 1.807) is 18.2 Å². The molecule has 6 heteroatoms. The summed E-state index contributed by atoms with van der Waals surface area (Å²) in [4.78, 5) is 24.0. The Morgan fingerprint density at radius 1 is 1.00 bits per heavy atom. The molecule has 1 N–H and O–H groups in total. The number of carbonyl (C=O) groups excluding carboxylic acids is 2. The first-order valence-corrected chi connectivity index (χ1v) is 9.55. The summed E-state index contributed by atoms with van der Waals surface area (Å²) in [6, 6.07) is 11.0. The molecule has 0 aliphatic rings. The normalized spacial score (nSPS) is 10.6. The van der Waals surface area contributed by atoms with Crippen molar-refractivity contribution in [3.05, 3.63) is 59.2 Å². The molecule has 0 unspecified atom stereocenters. The maximum atomic E-state index is 12.0. The lowest BCUT2D eigenvalue weighted by atomic mass is 10.1. The number of aryl methyl sites for hydroxylation is 1. The first-order chi connectivity index (χ1) is 13.9. The molecule has 0 aromatic heterocycles. The fourth-order valence-electron chi connectivity index (χ4n) is 2.59. The molecule has 6 nitrogen and oxygen atoms in total. The lowest BCUT2D eigenvalue weighted by Crippen LogP contribution is -2.20. The van der Waals surface area contributed by atoms with Crippen molar-refractivity contribution in [2.75, 3.05) is 25.1 Å². The zero-order valence-electron chi connectivity index (χ0n) is 17.3. The molecular weight excluding hydrogens is 370 g/mol. The summed E-state index contributed by atoms with van der Waals surface area (Å²) >= 11 is 0. The Kier molecular flexibility index (Phi) is 8.27. The van der Waals surface area contributed by atoms with Crippen molar-refractivity contribution in [3.8, 4) is 11.5 Å². The predicted octanol–water partition coefficient (Wildman–Crippen LogP) is 4.30. The first kappa shape index (κ1) is 22.0.